The van der Waals surface area contributed by atoms with E-state index in [4.69, 9.17) is 9.47 Å². The van der Waals surface area contributed by atoms with Crippen LogP contribution in [0.4, 0.5) is 11.4 Å². The first-order chi connectivity index (χ1) is 14.8. The number of benzene rings is 3. The molecule has 0 saturated carbocycles. The van der Waals surface area contributed by atoms with Crippen LogP contribution in [0.25, 0.3) is 0 Å². The average molecular weight is 487 g/mol. The van der Waals surface area contributed by atoms with Gasteiger partial charge < -0.3 is 9.47 Å². The Morgan fingerprint density at radius 3 is 1.71 bits per heavy atom. The minimum Gasteiger partial charge on any atom is -0.423 e. The number of hydrogen-bond donors (Lipinski definition) is 0. The second-order valence-electron chi connectivity index (χ2n) is 5.92. The molecule has 0 aromatic heterocycles. The molecule has 0 N–H and O–H groups in total. The fraction of sp³-hybridized carbons (Fsp3) is 0. The quantitative estimate of drug-likeness (QED) is 0.211. The highest BCUT2D eigenvalue weighted by Gasteiger charge is 2.23. The first-order valence-corrected chi connectivity index (χ1v) is 9.28. The summed E-state index contributed by atoms with van der Waals surface area (Å²) in [5, 5.41) is 22.1. The summed E-state index contributed by atoms with van der Waals surface area (Å²) in [4.78, 5) is 45.4. The molecular weight excluding hydrogens is 476 g/mol. The number of esters is 2. The third-order valence-corrected chi connectivity index (χ3v) is 4.58. The lowest BCUT2D eigenvalue weighted by molar-refractivity contribution is -0.385. The van der Waals surface area contributed by atoms with Crippen LogP contribution in [0.1, 0.15) is 20.7 Å². The van der Waals surface area contributed by atoms with Crippen molar-refractivity contribution < 1.29 is 28.9 Å². The Hall–Kier alpha value is -4.12. The lowest BCUT2D eigenvalue weighted by Crippen LogP contribution is -2.12. The van der Waals surface area contributed by atoms with E-state index in [0.29, 0.717) is 0 Å². The molecule has 0 spiro atoms. The smallest absolute Gasteiger partial charge is 0.350 e. The van der Waals surface area contributed by atoms with Gasteiger partial charge in [0, 0.05) is 12.1 Å². The molecule has 0 aliphatic rings. The topological polar surface area (TPSA) is 139 Å². The highest BCUT2D eigenvalue weighted by Crippen LogP contribution is 2.31. The average Bonchev–Trinajstić information content (AvgIpc) is 2.75. The number of carbonyl (C=O) groups excluding carboxylic acids is 2. The molecular formula is C20H11BrN2O8. The van der Waals surface area contributed by atoms with E-state index in [2.05, 4.69) is 15.9 Å². The van der Waals surface area contributed by atoms with E-state index in [1.807, 2.05) is 0 Å². The van der Waals surface area contributed by atoms with Crippen LogP contribution in [-0.2, 0) is 0 Å². The van der Waals surface area contributed by atoms with Crippen LogP contribution in [0, 0.1) is 20.2 Å². The van der Waals surface area contributed by atoms with Crippen LogP contribution in [0.3, 0.4) is 0 Å². The van der Waals surface area contributed by atoms with Crippen LogP contribution in [0.5, 0.6) is 11.5 Å². The maximum Gasteiger partial charge on any atom is 0.350 e. The Labute approximate surface area is 182 Å². The van der Waals surface area contributed by atoms with Gasteiger partial charge in [-0.3, -0.25) is 20.2 Å². The predicted octanol–water partition coefficient (Wildman–Crippen LogP) is 4.70. The Kier molecular flexibility index (Phi) is 6.36. The van der Waals surface area contributed by atoms with E-state index < -0.39 is 33.2 Å². The van der Waals surface area contributed by atoms with Crippen LogP contribution in [0.15, 0.2) is 71.2 Å². The number of ether oxygens (including phenoxy) is 2. The van der Waals surface area contributed by atoms with Gasteiger partial charge in [0.15, 0.2) is 0 Å². The molecule has 0 bridgehead atoms. The van der Waals surface area contributed by atoms with Gasteiger partial charge in [0.25, 0.3) is 11.4 Å². The number of nitrogens with zero attached hydrogens (tertiary/aromatic N) is 2. The van der Waals surface area contributed by atoms with E-state index in [1.54, 1.807) is 0 Å². The number of halogens is 1. The molecule has 0 atom stereocenters. The molecule has 0 unspecified atom stereocenters. The first-order valence-electron chi connectivity index (χ1n) is 8.48. The molecule has 156 valence electrons. The molecule has 0 amide bonds. The standard InChI is InChI=1S/C20H11BrN2O8/c21-15-11-12(30-19(24)13-5-1-3-7-16(13)22(26)27)9-10-18(15)31-20(25)14-6-2-4-8-17(14)23(28)29/h1-11H. The van der Waals surface area contributed by atoms with E-state index >= 15 is 0 Å². The van der Waals surface area contributed by atoms with Gasteiger partial charge in [-0.2, -0.15) is 0 Å². The molecule has 3 aromatic rings. The SMILES string of the molecule is O=C(Oc1ccc(OC(=O)c2ccccc2[N+](=O)[O-])c(Br)c1)c1ccccc1[N+](=O)[O-]. The Morgan fingerprint density at radius 1 is 0.742 bits per heavy atom. The van der Waals surface area contributed by atoms with Gasteiger partial charge in [0.05, 0.1) is 14.3 Å². The minimum atomic E-state index is -0.947. The summed E-state index contributed by atoms with van der Waals surface area (Å²) >= 11 is 3.17. The molecule has 31 heavy (non-hydrogen) atoms. The summed E-state index contributed by atoms with van der Waals surface area (Å²) in [5.41, 5.74) is -1.26. The molecule has 11 heteroatoms. The largest absolute Gasteiger partial charge is 0.423 e. The van der Waals surface area contributed by atoms with Crippen molar-refractivity contribution in [2.24, 2.45) is 0 Å². The molecule has 0 saturated heterocycles. The lowest BCUT2D eigenvalue weighted by atomic mass is 10.2. The van der Waals surface area contributed by atoms with E-state index in [1.165, 1.54) is 66.7 Å². The number of nitro groups is 2. The highest BCUT2D eigenvalue weighted by atomic mass is 79.9. The molecule has 0 heterocycles. The summed E-state index contributed by atoms with van der Waals surface area (Å²) in [6.07, 6.45) is 0. The van der Waals surface area contributed by atoms with Crippen LogP contribution >= 0.6 is 15.9 Å². The van der Waals surface area contributed by atoms with Crippen molar-refractivity contribution in [2.75, 3.05) is 0 Å². The van der Waals surface area contributed by atoms with Gasteiger partial charge in [-0.25, -0.2) is 9.59 Å². The van der Waals surface area contributed by atoms with E-state index in [-0.39, 0.29) is 27.1 Å². The highest BCUT2D eigenvalue weighted by molar-refractivity contribution is 9.10. The van der Waals surface area contributed by atoms with Crippen LogP contribution < -0.4 is 9.47 Å². The molecule has 3 rings (SSSR count). The van der Waals surface area contributed by atoms with Gasteiger partial charge in [0.1, 0.15) is 22.6 Å². The minimum absolute atomic E-state index is 0.0219. The van der Waals surface area contributed by atoms with Gasteiger partial charge in [-0.1, -0.05) is 24.3 Å². The summed E-state index contributed by atoms with van der Waals surface area (Å²) in [5.74, 6) is -1.84. The zero-order chi connectivity index (χ0) is 22.5. The number of rotatable bonds is 6. The number of carbonyl (C=O) groups is 2. The zero-order valence-electron chi connectivity index (χ0n) is 15.4. The molecule has 0 aliphatic heterocycles. The van der Waals surface area contributed by atoms with Gasteiger partial charge in [0.2, 0.25) is 0 Å². The van der Waals surface area contributed by atoms with Crippen molar-refractivity contribution in [2.45, 2.75) is 0 Å². The fourth-order valence-corrected chi connectivity index (χ4v) is 2.99. The maximum absolute atomic E-state index is 12.3. The van der Waals surface area contributed by atoms with Gasteiger partial charge >= 0.3 is 11.9 Å². The number of hydrogen-bond acceptors (Lipinski definition) is 8. The van der Waals surface area contributed by atoms with Gasteiger partial charge in [-0.05, 0) is 46.3 Å². The van der Waals surface area contributed by atoms with Crippen molar-refractivity contribution in [1.82, 2.24) is 0 Å². The van der Waals surface area contributed by atoms with Crippen molar-refractivity contribution >= 4 is 39.2 Å². The number of nitro benzene ring substituents is 2. The Balaban J connectivity index is 1.78. The van der Waals surface area contributed by atoms with Crippen molar-refractivity contribution in [3.05, 3.63) is 103 Å². The molecule has 10 nitrogen and oxygen atoms in total. The normalized spacial score (nSPS) is 10.2. The van der Waals surface area contributed by atoms with E-state index in [0.717, 1.165) is 0 Å². The van der Waals surface area contributed by atoms with Crippen LogP contribution in [-0.4, -0.2) is 21.8 Å². The molecule has 0 aliphatic carbocycles. The summed E-state index contributed by atoms with van der Waals surface area (Å²) in [6.45, 7) is 0. The Morgan fingerprint density at radius 2 is 1.23 bits per heavy atom. The van der Waals surface area contributed by atoms with Crippen molar-refractivity contribution in [3.8, 4) is 11.5 Å². The summed E-state index contributed by atoms with van der Waals surface area (Å²) in [6, 6.07) is 14.6. The second-order valence-corrected chi connectivity index (χ2v) is 6.77. The first kappa shape index (κ1) is 21.6. The predicted molar refractivity (Wildman–Crippen MR) is 110 cm³/mol. The zero-order valence-corrected chi connectivity index (χ0v) is 17.0. The van der Waals surface area contributed by atoms with Gasteiger partial charge in [-0.15, -0.1) is 0 Å². The fourth-order valence-electron chi connectivity index (χ4n) is 2.56. The molecule has 0 radical (unpaired) electrons. The lowest BCUT2D eigenvalue weighted by Gasteiger charge is -2.09. The van der Waals surface area contributed by atoms with Crippen molar-refractivity contribution in [3.63, 3.8) is 0 Å². The summed E-state index contributed by atoms with van der Waals surface area (Å²) in [7, 11) is 0. The molecule has 0 fully saturated rings. The van der Waals surface area contributed by atoms with Crippen LogP contribution in [0.2, 0.25) is 0 Å². The second kappa shape index (κ2) is 9.13. The third-order valence-electron chi connectivity index (χ3n) is 3.96. The van der Waals surface area contributed by atoms with Crippen molar-refractivity contribution in [1.29, 1.82) is 0 Å². The third kappa shape index (κ3) is 4.90. The summed E-state index contributed by atoms with van der Waals surface area (Å²) < 4.78 is 10.6. The maximum atomic E-state index is 12.3. The molecule has 3 aromatic carbocycles. The Bertz CT molecular complexity index is 1210. The number of para-hydroxylation sites is 2. The van der Waals surface area contributed by atoms with E-state index in [9.17, 15) is 29.8 Å². The monoisotopic (exact) mass is 486 g/mol.